The van der Waals surface area contributed by atoms with Crippen LogP contribution in [0.4, 0.5) is 0 Å². The molecule has 0 radical (unpaired) electrons. The van der Waals surface area contributed by atoms with Gasteiger partial charge in [-0.1, -0.05) is 117 Å². The minimum absolute atomic E-state index is 0.0285. The molecule has 0 atom stereocenters. The number of ether oxygens (including phenoxy) is 1. The molecule has 0 amide bonds. The average Bonchev–Trinajstić information content (AvgIpc) is 2.81. The lowest BCUT2D eigenvalue weighted by Crippen LogP contribution is -2.05. The van der Waals surface area contributed by atoms with Crippen LogP contribution < -0.4 is 4.74 Å². The molecule has 0 unspecified atom stereocenters. The van der Waals surface area contributed by atoms with Gasteiger partial charge in [0.1, 0.15) is 0 Å². The third kappa shape index (κ3) is 13.2. The Balaban J connectivity index is 2.69. The molecule has 0 heterocycles. The van der Waals surface area contributed by atoms with Crippen molar-refractivity contribution in [2.45, 2.75) is 149 Å². The zero-order chi connectivity index (χ0) is 24.2. The van der Waals surface area contributed by atoms with E-state index in [1.807, 2.05) is 0 Å². The first kappa shape index (κ1) is 29.7. The van der Waals surface area contributed by atoms with Crippen LogP contribution in [0.15, 0.2) is 6.07 Å². The molecule has 0 fully saturated rings. The highest BCUT2D eigenvalue weighted by Gasteiger charge is 2.18. The number of rotatable bonds is 22. The number of hydrogen-bond donors (Lipinski definition) is 2. The molecule has 0 saturated carbocycles. The first-order chi connectivity index (χ1) is 16.2. The van der Waals surface area contributed by atoms with Crippen LogP contribution in [0, 0.1) is 0 Å². The quantitative estimate of drug-likeness (QED) is 0.133. The van der Waals surface area contributed by atoms with Crippen molar-refractivity contribution in [2.24, 2.45) is 0 Å². The summed E-state index contributed by atoms with van der Waals surface area (Å²) in [5.74, 6) is 0.462. The second kappa shape index (κ2) is 20.0. The summed E-state index contributed by atoms with van der Waals surface area (Å²) in [5, 5.41) is 21.0. The Morgan fingerprint density at radius 2 is 1.03 bits per heavy atom. The molecule has 0 aliphatic heterocycles. The van der Waals surface area contributed by atoms with Crippen molar-refractivity contribution in [1.82, 2.24) is 0 Å². The molecule has 33 heavy (non-hydrogen) atoms. The zero-order valence-corrected chi connectivity index (χ0v) is 22.2. The number of benzene rings is 1. The Labute approximate surface area is 205 Å². The molecule has 3 nitrogen and oxygen atoms in total. The molecular formula is C30H54O3. The molecule has 0 saturated heterocycles. The van der Waals surface area contributed by atoms with Crippen LogP contribution >= 0.6 is 0 Å². The number of hydrogen-bond acceptors (Lipinski definition) is 3. The summed E-state index contributed by atoms with van der Waals surface area (Å²) >= 11 is 0. The van der Waals surface area contributed by atoms with Crippen molar-refractivity contribution < 1.29 is 14.9 Å². The molecule has 1 rings (SSSR count). The Kier molecular flexibility index (Phi) is 18.0. The van der Waals surface area contributed by atoms with Gasteiger partial charge in [-0.15, -0.1) is 0 Å². The van der Waals surface area contributed by atoms with Crippen molar-refractivity contribution in [3.05, 3.63) is 17.2 Å². The Hall–Kier alpha value is -1.38. The lowest BCUT2D eigenvalue weighted by Gasteiger charge is -2.18. The van der Waals surface area contributed by atoms with E-state index >= 15 is 0 Å². The number of aromatic hydroxyl groups is 2. The van der Waals surface area contributed by atoms with Gasteiger partial charge in [0.15, 0.2) is 11.5 Å². The molecule has 3 heteroatoms. The van der Waals surface area contributed by atoms with Crippen molar-refractivity contribution in [2.75, 3.05) is 6.61 Å². The molecule has 0 bridgehead atoms. The maximum Gasteiger partial charge on any atom is 0.200 e. The smallest absolute Gasteiger partial charge is 0.200 e. The molecule has 0 spiro atoms. The van der Waals surface area contributed by atoms with Gasteiger partial charge in [0.2, 0.25) is 5.75 Å². The number of unbranched alkanes of at least 4 members (excludes halogenated alkanes) is 15. The van der Waals surface area contributed by atoms with E-state index < -0.39 is 0 Å². The Morgan fingerprint density at radius 1 is 0.576 bits per heavy atom. The fourth-order valence-corrected chi connectivity index (χ4v) is 4.61. The number of aryl methyl sites for hydroxylation is 1. The maximum absolute atomic E-state index is 10.6. The third-order valence-electron chi connectivity index (χ3n) is 6.75. The maximum atomic E-state index is 10.6. The van der Waals surface area contributed by atoms with Crippen LogP contribution in [0.5, 0.6) is 17.2 Å². The topological polar surface area (TPSA) is 49.7 Å². The normalized spacial score (nSPS) is 11.2. The van der Waals surface area contributed by atoms with Crippen LogP contribution in [0.25, 0.3) is 0 Å². The summed E-state index contributed by atoms with van der Waals surface area (Å²) in [6.07, 6.45) is 24.2. The highest BCUT2D eigenvalue weighted by Crippen LogP contribution is 2.42. The van der Waals surface area contributed by atoms with E-state index in [9.17, 15) is 10.2 Å². The monoisotopic (exact) mass is 462 g/mol. The minimum atomic E-state index is -0.0622. The van der Waals surface area contributed by atoms with Gasteiger partial charge >= 0.3 is 0 Å². The average molecular weight is 463 g/mol. The van der Waals surface area contributed by atoms with Crippen LogP contribution in [0.2, 0.25) is 0 Å². The fraction of sp³-hybridized carbons (Fsp3) is 0.800. The van der Waals surface area contributed by atoms with Crippen LogP contribution in [0.1, 0.15) is 147 Å². The van der Waals surface area contributed by atoms with Crippen molar-refractivity contribution in [1.29, 1.82) is 0 Å². The SMILES string of the molecule is CCCCCCCCCCOc1c(O)c(O)cc(CCCCCCC)c1CCCCCCC. The summed E-state index contributed by atoms with van der Waals surface area (Å²) < 4.78 is 6.15. The number of phenolic OH excluding ortho intramolecular Hbond substituents is 2. The molecule has 0 aliphatic rings. The van der Waals surface area contributed by atoms with Crippen molar-refractivity contribution in [3.63, 3.8) is 0 Å². The van der Waals surface area contributed by atoms with Gasteiger partial charge in [-0.05, 0) is 43.7 Å². The summed E-state index contributed by atoms with van der Waals surface area (Å²) in [6.45, 7) is 7.35. The van der Waals surface area contributed by atoms with Gasteiger partial charge in [0, 0.05) is 5.56 Å². The Morgan fingerprint density at radius 3 is 1.58 bits per heavy atom. The van der Waals surface area contributed by atoms with E-state index in [4.69, 9.17) is 4.74 Å². The van der Waals surface area contributed by atoms with E-state index in [2.05, 4.69) is 20.8 Å². The van der Waals surface area contributed by atoms with E-state index in [1.54, 1.807) is 6.07 Å². The third-order valence-corrected chi connectivity index (χ3v) is 6.75. The Bertz CT molecular complexity index is 597. The largest absolute Gasteiger partial charge is 0.504 e. The van der Waals surface area contributed by atoms with Gasteiger partial charge in [-0.2, -0.15) is 0 Å². The zero-order valence-electron chi connectivity index (χ0n) is 22.2. The van der Waals surface area contributed by atoms with E-state index in [1.165, 1.54) is 102 Å². The fourth-order valence-electron chi connectivity index (χ4n) is 4.61. The molecule has 0 aliphatic carbocycles. The van der Waals surface area contributed by atoms with Crippen LogP contribution in [-0.4, -0.2) is 16.8 Å². The van der Waals surface area contributed by atoms with Crippen molar-refractivity contribution in [3.8, 4) is 17.2 Å². The lowest BCUT2D eigenvalue weighted by molar-refractivity contribution is 0.279. The van der Waals surface area contributed by atoms with E-state index in [0.717, 1.165) is 37.7 Å². The van der Waals surface area contributed by atoms with Gasteiger partial charge in [-0.25, -0.2) is 0 Å². The summed E-state index contributed by atoms with van der Waals surface area (Å²) in [5.41, 5.74) is 2.31. The molecule has 1 aromatic carbocycles. The predicted octanol–water partition coefficient (Wildman–Crippen LogP) is 9.64. The summed E-state index contributed by atoms with van der Waals surface area (Å²) in [4.78, 5) is 0. The van der Waals surface area contributed by atoms with Gasteiger partial charge in [-0.3, -0.25) is 0 Å². The van der Waals surface area contributed by atoms with E-state index in [-0.39, 0.29) is 11.5 Å². The van der Waals surface area contributed by atoms with Gasteiger partial charge < -0.3 is 14.9 Å². The van der Waals surface area contributed by atoms with E-state index in [0.29, 0.717) is 12.4 Å². The van der Waals surface area contributed by atoms with Gasteiger partial charge in [0.25, 0.3) is 0 Å². The standard InChI is InChI=1S/C30H54O3/c1-4-7-10-13-14-15-18-21-24-33-30-27(23-20-17-12-9-6-3)26(25-28(31)29(30)32)22-19-16-11-8-5-2/h25,31-32H,4-24H2,1-3H3. The second-order valence-corrected chi connectivity index (χ2v) is 9.86. The summed E-state index contributed by atoms with van der Waals surface area (Å²) in [7, 11) is 0. The number of phenols is 2. The predicted molar refractivity (Wildman–Crippen MR) is 143 cm³/mol. The molecule has 1 aromatic rings. The summed E-state index contributed by atoms with van der Waals surface area (Å²) in [6, 6.07) is 1.79. The minimum Gasteiger partial charge on any atom is -0.504 e. The lowest BCUT2D eigenvalue weighted by atomic mass is 9.94. The highest BCUT2D eigenvalue weighted by molar-refractivity contribution is 5.58. The second-order valence-electron chi connectivity index (χ2n) is 9.86. The van der Waals surface area contributed by atoms with Crippen LogP contribution in [0.3, 0.4) is 0 Å². The first-order valence-electron chi connectivity index (χ1n) is 14.3. The highest BCUT2D eigenvalue weighted by atomic mass is 16.5. The van der Waals surface area contributed by atoms with Gasteiger partial charge in [0.05, 0.1) is 6.61 Å². The first-order valence-corrected chi connectivity index (χ1v) is 14.3. The molecule has 0 aromatic heterocycles. The molecule has 192 valence electrons. The molecular weight excluding hydrogens is 408 g/mol. The van der Waals surface area contributed by atoms with Crippen LogP contribution in [-0.2, 0) is 12.8 Å². The van der Waals surface area contributed by atoms with Crippen molar-refractivity contribution >= 4 is 0 Å². The molecule has 2 N–H and O–H groups in total.